The smallest absolute Gasteiger partial charge is 0.176 e. The molecule has 5 rings (SSSR count). The van der Waals surface area contributed by atoms with Crippen LogP contribution in [0.25, 0.3) is 22.4 Å². The Morgan fingerprint density at radius 2 is 1.92 bits per heavy atom. The van der Waals surface area contributed by atoms with Gasteiger partial charge in [0.2, 0.25) is 0 Å². The molecular weight excluding hydrogens is 502 g/mol. The van der Waals surface area contributed by atoms with Crippen molar-refractivity contribution in [3.63, 3.8) is 0 Å². The van der Waals surface area contributed by atoms with E-state index in [1.54, 1.807) is 0 Å². The second-order valence-corrected chi connectivity index (χ2v) is 17.5. The van der Waals surface area contributed by atoms with Gasteiger partial charge in [-0.25, -0.2) is 9.97 Å². The maximum Gasteiger partial charge on any atom is 0.176 e. The van der Waals surface area contributed by atoms with Crippen LogP contribution >= 0.6 is 0 Å². The molecule has 3 aromatic heterocycles. The third-order valence-electron chi connectivity index (χ3n) is 7.40. The molecule has 1 saturated heterocycles. The number of pyridine rings is 1. The van der Waals surface area contributed by atoms with Crippen molar-refractivity contribution in [1.82, 2.24) is 24.4 Å². The summed E-state index contributed by atoms with van der Waals surface area (Å²) in [7, 11) is -1.11. The van der Waals surface area contributed by atoms with Gasteiger partial charge in [0, 0.05) is 44.7 Å². The molecule has 0 amide bonds. The summed E-state index contributed by atoms with van der Waals surface area (Å²) in [5.74, 6) is 0.633. The number of ketones is 1. The van der Waals surface area contributed by atoms with Crippen LogP contribution in [0.2, 0.25) is 25.7 Å². The van der Waals surface area contributed by atoms with Crippen LogP contribution in [0, 0.1) is 5.92 Å². The van der Waals surface area contributed by atoms with Crippen LogP contribution in [0.15, 0.2) is 67.1 Å². The second-order valence-electron chi connectivity index (χ2n) is 11.8. The molecule has 39 heavy (non-hydrogen) atoms. The Labute approximate surface area is 232 Å². The third kappa shape index (κ3) is 7.26. The van der Waals surface area contributed by atoms with E-state index >= 15 is 0 Å². The molecule has 0 saturated carbocycles. The zero-order valence-electron chi connectivity index (χ0n) is 23.3. The highest BCUT2D eigenvalue weighted by Crippen LogP contribution is 2.27. The standard InChI is InChI=1S/C31H39N5O2Si/c1-39(2,3)18-17-38-23-36-16-13-27-31(36)33-20-29(34-27)26-12-7-14-32-28(26)19-24-9-8-15-35(21-24)22-30(37)25-10-5-4-6-11-25/h4-7,10-14,16,20,24H,8-9,15,17-19,21-23H2,1-3H3/t24-/m1/s1. The van der Waals surface area contributed by atoms with Gasteiger partial charge in [0.1, 0.15) is 12.2 Å². The van der Waals surface area contributed by atoms with Crippen molar-refractivity contribution in [3.05, 3.63) is 78.4 Å². The fraction of sp³-hybridized carbons (Fsp3) is 0.419. The van der Waals surface area contributed by atoms with Gasteiger partial charge in [-0.05, 0) is 56.0 Å². The van der Waals surface area contributed by atoms with Gasteiger partial charge in [0.15, 0.2) is 11.4 Å². The van der Waals surface area contributed by atoms with E-state index in [2.05, 4.69) is 30.6 Å². The predicted octanol–water partition coefficient (Wildman–Crippen LogP) is 5.94. The SMILES string of the molecule is C[Si](C)(C)CCOCn1ccc2nc(-c3cccnc3C[C@H]3CCCN(CC(=O)c4ccccc4)C3)cnc21. The van der Waals surface area contributed by atoms with E-state index in [0.717, 1.165) is 78.7 Å². The Hall–Kier alpha value is -3.20. The maximum atomic E-state index is 12.8. The summed E-state index contributed by atoms with van der Waals surface area (Å²) < 4.78 is 7.95. The molecule has 4 heterocycles. The molecule has 7 nitrogen and oxygen atoms in total. The molecule has 0 aliphatic carbocycles. The zero-order valence-corrected chi connectivity index (χ0v) is 24.3. The maximum absolute atomic E-state index is 12.8. The van der Waals surface area contributed by atoms with Crippen LogP contribution in [-0.4, -0.2) is 64.5 Å². The van der Waals surface area contributed by atoms with Crippen molar-refractivity contribution >= 4 is 25.0 Å². The molecule has 1 aliphatic rings. The normalized spacial score (nSPS) is 16.5. The predicted molar refractivity (Wildman–Crippen MR) is 159 cm³/mol. The minimum absolute atomic E-state index is 0.187. The third-order valence-corrected chi connectivity index (χ3v) is 9.11. The van der Waals surface area contributed by atoms with E-state index in [-0.39, 0.29) is 5.78 Å². The van der Waals surface area contributed by atoms with E-state index in [0.29, 0.717) is 19.2 Å². The number of nitrogens with zero attached hydrogens (tertiary/aromatic N) is 5. The second kappa shape index (κ2) is 12.3. The quantitative estimate of drug-likeness (QED) is 0.133. The number of hydrogen-bond donors (Lipinski definition) is 0. The number of likely N-dealkylation sites (tertiary alicyclic amines) is 1. The summed E-state index contributed by atoms with van der Waals surface area (Å²) in [6.07, 6.45) is 8.80. The van der Waals surface area contributed by atoms with Gasteiger partial charge in [-0.15, -0.1) is 0 Å². The van der Waals surface area contributed by atoms with Gasteiger partial charge in [-0.2, -0.15) is 0 Å². The van der Waals surface area contributed by atoms with Gasteiger partial charge >= 0.3 is 0 Å². The monoisotopic (exact) mass is 541 g/mol. The minimum atomic E-state index is -1.11. The lowest BCUT2D eigenvalue weighted by molar-refractivity contribution is 0.0885. The summed E-state index contributed by atoms with van der Waals surface area (Å²) in [6.45, 7) is 10.7. The van der Waals surface area contributed by atoms with E-state index in [9.17, 15) is 4.79 Å². The number of fused-ring (bicyclic) bond motifs is 1. The van der Waals surface area contributed by atoms with Crippen molar-refractivity contribution < 1.29 is 9.53 Å². The first kappa shape index (κ1) is 27.4. The van der Waals surface area contributed by atoms with Gasteiger partial charge in [0.25, 0.3) is 0 Å². The molecule has 204 valence electrons. The van der Waals surface area contributed by atoms with Crippen LogP contribution in [0.5, 0.6) is 0 Å². The number of carbonyl (C=O) groups is 1. The first-order chi connectivity index (χ1) is 18.9. The Balaban J connectivity index is 1.25. The number of piperidine rings is 1. The topological polar surface area (TPSA) is 73.1 Å². The highest BCUT2D eigenvalue weighted by Gasteiger charge is 2.24. The van der Waals surface area contributed by atoms with E-state index in [4.69, 9.17) is 19.7 Å². The van der Waals surface area contributed by atoms with Crippen molar-refractivity contribution in [2.45, 2.75) is 51.7 Å². The summed E-state index contributed by atoms with van der Waals surface area (Å²) in [5.41, 5.74) is 5.40. The molecule has 0 bridgehead atoms. The van der Waals surface area contributed by atoms with Crippen LogP contribution in [0.1, 0.15) is 28.9 Å². The first-order valence-corrected chi connectivity index (χ1v) is 17.7. The number of carbonyl (C=O) groups excluding carboxylic acids is 1. The van der Waals surface area contributed by atoms with Gasteiger partial charge < -0.3 is 9.30 Å². The van der Waals surface area contributed by atoms with Crippen LogP contribution in [-0.2, 0) is 17.9 Å². The Morgan fingerprint density at radius 3 is 2.74 bits per heavy atom. The molecule has 0 unspecified atom stereocenters. The van der Waals surface area contributed by atoms with Crippen molar-refractivity contribution in [2.24, 2.45) is 5.92 Å². The largest absolute Gasteiger partial charge is 0.361 e. The highest BCUT2D eigenvalue weighted by atomic mass is 28.3. The lowest BCUT2D eigenvalue weighted by Gasteiger charge is -2.32. The van der Waals surface area contributed by atoms with Crippen LogP contribution in [0.4, 0.5) is 0 Å². The van der Waals surface area contributed by atoms with Crippen molar-refractivity contribution in [2.75, 3.05) is 26.2 Å². The molecule has 1 atom stereocenters. The Morgan fingerprint density at radius 1 is 1.08 bits per heavy atom. The summed E-state index contributed by atoms with van der Waals surface area (Å²) in [5, 5.41) is 0. The van der Waals surface area contributed by atoms with Crippen LogP contribution < -0.4 is 0 Å². The molecule has 1 aromatic carbocycles. The molecule has 1 fully saturated rings. The number of rotatable bonds is 11. The highest BCUT2D eigenvalue weighted by molar-refractivity contribution is 6.76. The molecule has 1 aliphatic heterocycles. The van der Waals surface area contributed by atoms with Crippen molar-refractivity contribution in [3.8, 4) is 11.3 Å². The fourth-order valence-corrected chi connectivity index (χ4v) is 5.98. The molecule has 8 heteroatoms. The van der Waals surface area contributed by atoms with Gasteiger partial charge in [-0.3, -0.25) is 14.7 Å². The van der Waals surface area contributed by atoms with Gasteiger partial charge in [-0.1, -0.05) is 50.0 Å². The molecule has 0 radical (unpaired) electrons. The number of benzene rings is 1. The molecule has 0 spiro atoms. The lowest BCUT2D eigenvalue weighted by Crippen LogP contribution is -2.39. The van der Waals surface area contributed by atoms with E-state index < -0.39 is 8.07 Å². The average Bonchev–Trinajstić information content (AvgIpc) is 3.34. The summed E-state index contributed by atoms with van der Waals surface area (Å²) in [4.78, 5) is 29.5. The first-order valence-electron chi connectivity index (χ1n) is 14.0. The van der Waals surface area contributed by atoms with Gasteiger partial charge in [0.05, 0.1) is 24.1 Å². The number of Topliss-reactive ketones (excluding diaryl/α,β-unsaturated/α-hetero) is 1. The minimum Gasteiger partial charge on any atom is -0.361 e. The summed E-state index contributed by atoms with van der Waals surface area (Å²) >= 11 is 0. The van der Waals surface area contributed by atoms with Crippen LogP contribution in [0.3, 0.4) is 0 Å². The summed E-state index contributed by atoms with van der Waals surface area (Å²) in [6, 6.07) is 16.8. The van der Waals surface area contributed by atoms with Crippen molar-refractivity contribution in [1.29, 1.82) is 0 Å². The number of ether oxygens (including phenoxy) is 1. The molecular formula is C31H39N5O2Si. The average molecular weight is 542 g/mol. The molecule has 0 N–H and O–H groups in total. The fourth-order valence-electron chi connectivity index (χ4n) is 5.22. The number of aromatic nitrogens is 4. The zero-order chi connectivity index (χ0) is 27.2. The van der Waals surface area contributed by atoms with E-state index in [1.165, 1.54) is 0 Å². The Bertz CT molecular complexity index is 1400. The lowest BCUT2D eigenvalue weighted by atomic mass is 9.91. The molecule has 4 aromatic rings. The van der Waals surface area contributed by atoms with E-state index in [1.807, 2.05) is 65.6 Å². The Kier molecular flexibility index (Phi) is 8.65. The number of hydrogen-bond acceptors (Lipinski definition) is 6.